The first kappa shape index (κ1) is 15.5. The fraction of sp³-hybridized carbons (Fsp3) is 0.667. The van der Waals surface area contributed by atoms with Gasteiger partial charge in [0.05, 0.1) is 0 Å². The summed E-state index contributed by atoms with van der Waals surface area (Å²) in [4.78, 5) is 2.62. The van der Waals surface area contributed by atoms with Crippen molar-refractivity contribution in [2.45, 2.75) is 52.6 Å². The van der Waals surface area contributed by atoms with E-state index in [4.69, 9.17) is 0 Å². The molecule has 1 saturated heterocycles. The third-order valence-electron chi connectivity index (χ3n) is 4.25. The lowest BCUT2D eigenvalue weighted by atomic mass is 10.0. The molecule has 0 bridgehead atoms. The average molecular weight is 274 g/mol. The molecule has 0 amide bonds. The van der Waals surface area contributed by atoms with Gasteiger partial charge in [-0.15, -0.1) is 0 Å². The molecular formula is C18H30N2. The highest BCUT2D eigenvalue weighted by molar-refractivity contribution is 5.22. The zero-order chi connectivity index (χ0) is 14.2. The van der Waals surface area contributed by atoms with Gasteiger partial charge >= 0.3 is 0 Å². The summed E-state index contributed by atoms with van der Waals surface area (Å²) < 4.78 is 0. The van der Waals surface area contributed by atoms with Crippen LogP contribution in [-0.2, 0) is 13.1 Å². The van der Waals surface area contributed by atoms with E-state index in [-0.39, 0.29) is 0 Å². The van der Waals surface area contributed by atoms with E-state index in [1.54, 1.807) is 0 Å². The summed E-state index contributed by atoms with van der Waals surface area (Å²) in [6, 6.07) is 9.15. The summed E-state index contributed by atoms with van der Waals surface area (Å²) in [5, 5.41) is 3.45. The Balaban J connectivity index is 1.76. The van der Waals surface area contributed by atoms with Gasteiger partial charge in [0.1, 0.15) is 0 Å². The number of nitrogens with one attached hydrogen (secondary N) is 1. The summed E-state index contributed by atoms with van der Waals surface area (Å²) >= 11 is 0. The van der Waals surface area contributed by atoms with Crippen molar-refractivity contribution in [2.24, 2.45) is 5.92 Å². The first-order valence-corrected chi connectivity index (χ1v) is 8.32. The summed E-state index contributed by atoms with van der Waals surface area (Å²) in [6.45, 7) is 10.3. The molecule has 2 nitrogen and oxygen atoms in total. The second-order valence-corrected chi connectivity index (χ2v) is 6.17. The Morgan fingerprint density at radius 1 is 1.10 bits per heavy atom. The van der Waals surface area contributed by atoms with Crippen LogP contribution in [0.25, 0.3) is 0 Å². The lowest BCUT2D eigenvalue weighted by molar-refractivity contribution is 0.313. The van der Waals surface area contributed by atoms with Gasteiger partial charge in [-0.2, -0.15) is 0 Å². The van der Waals surface area contributed by atoms with Gasteiger partial charge in [-0.3, -0.25) is 4.90 Å². The molecule has 1 aromatic carbocycles. The third-order valence-corrected chi connectivity index (χ3v) is 4.25. The van der Waals surface area contributed by atoms with Gasteiger partial charge in [0.25, 0.3) is 0 Å². The van der Waals surface area contributed by atoms with Crippen molar-refractivity contribution in [1.82, 2.24) is 10.2 Å². The molecule has 1 aliphatic heterocycles. The number of rotatable bonds is 8. The van der Waals surface area contributed by atoms with Gasteiger partial charge in [0.2, 0.25) is 0 Å². The van der Waals surface area contributed by atoms with Crippen LogP contribution >= 0.6 is 0 Å². The number of hydrogen-bond acceptors (Lipinski definition) is 2. The summed E-state index contributed by atoms with van der Waals surface area (Å²) in [7, 11) is 0. The quantitative estimate of drug-likeness (QED) is 0.725. The molecule has 112 valence electrons. The maximum atomic E-state index is 3.45. The first-order chi connectivity index (χ1) is 9.81. The molecule has 1 N–H and O–H groups in total. The minimum Gasteiger partial charge on any atom is -0.313 e. The zero-order valence-corrected chi connectivity index (χ0v) is 13.2. The van der Waals surface area contributed by atoms with Crippen molar-refractivity contribution in [3.63, 3.8) is 0 Å². The van der Waals surface area contributed by atoms with Gasteiger partial charge in [-0.05, 0) is 49.4 Å². The predicted octanol–water partition coefficient (Wildman–Crippen LogP) is 3.81. The highest BCUT2D eigenvalue weighted by atomic mass is 15.1. The highest BCUT2D eigenvalue weighted by Gasteiger charge is 2.21. The smallest absolute Gasteiger partial charge is 0.0233 e. The lowest BCUT2D eigenvalue weighted by Crippen LogP contribution is -2.20. The Morgan fingerprint density at radius 2 is 1.85 bits per heavy atom. The monoisotopic (exact) mass is 274 g/mol. The molecule has 0 aromatic heterocycles. The van der Waals surface area contributed by atoms with Crippen LogP contribution in [0.2, 0.25) is 0 Å². The summed E-state index contributed by atoms with van der Waals surface area (Å²) in [6.07, 6.45) is 5.33. The van der Waals surface area contributed by atoms with Gasteiger partial charge in [0.15, 0.2) is 0 Å². The van der Waals surface area contributed by atoms with Crippen molar-refractivity contribution in [1.29, 1.82) is 0 Å². The van der Waals surface area contributed by atoms with Crippen LogP contribution in [0.3, 0.4) is 0 Å². The Kier molecular flexibility index (Phi) is 6.55. The zero-order valence-electron chi connectivity index (χ0n) is 13.2. The number of hydrogen-bond donors (Lipinski definition) is 1. The maximum absolute atomic E-state index is 3.45. The topological polar surface area (TPSA) is 15.3 Å². The number of likely N-dealkylation sites (tertiary alicyclic amines) is 1. The first-order valence-electron chi connectivity index (χ1n) is 8.32. The molecule has 0 radical (unpaired) electrons. The molecule has 2 heteroatoms. The van der Waals surface area contributed by atoms with E-state index in [2.05, 4.69) is 48.3 Å². The molecule has 1 unspecified atom stereocenters. The molecular weight excluding hydrogens is 244 g/mol. The van der Waals surface area contributed by atoms with E-state index in [9.17, 15) is 0 Å². The van der Waals surface area contributed by atoms with E-state index < -0.39 is 0 Å². The molecule has 0 aliphatic carbocycles. The fourth-order valence-electron chi connectivity index (χ4n) is 3.13. The van der Waals surface area contributed by atoms with Crippen molar-refractivity contribution in [3.8, 4) is 0 Å². The molecule has 0 saturated carbocycles. The standard InChI is InChI=1S/C18H30N2/c1-3-5-17-10-12-20(14-17)15-18-8-6-16(7-9-18)13-19-11-4-2/h6-9,17,19H,3-5,10-15H2,1-2H3. The van der Waals surface area contributed by atoms with Gasteiger partial charge in [-0.25, -0.2) is 0 Å². The van der Waals surface area contributed by atoms with Crippen LogP contribution in [-0.4, -0.2) is 24.5 Å². The van der Waals surface area contributed by atoms with Crippen molar-refractivity contribution in [3.05, 3.63) is 35.4 Å². The molecule has 1 atom stereocenters. The van der Waals surface area contributed by atoms with Crippen LogP contribution in [0.1, 0.15) is 50.7 Å². The largest absolute Gasteiger partial charge is 0.313 e. The van der Waals surface area contributed by atoms with Crippen LogP contribution in [0.15, 0.2) is 24.3 Å². The van der Waals surface area contributed by atoms with Crippen molar-refractivity contribution >= 4 is 0 Å². The average Bonchev–Trinajstić information content (AvgIpc) is 2.89. The summed E-state index contributed by atoms with van der Waals surface area (Å²) in [5.41, 5.74) is 2.86. The summed E-state index contributed by atoms with van der Waals surface area (Å²) in [5.74, 6) is 0.942. The van der Waals surface area contributed by atoms with E-state index >= 15 is 0 Å². The minimum absolute atomic E-state index is 0.942. The Labute approximate surface area is 124 Å². The fourth-order valence-corrected chi connectivity index (χ4v) is 3.13. The Morgan fingerprint density at radius 3 is 2.55 bits per heavy atom. The molecule has 20 heavy (non-hydrogen) atoms. The highest BCUT2D eigenvalue weighted by Crippen LogP contribution is 2.22. The molecule has 2 rings (SSSR count). The SMILES string of the molecule is CCCNCc1ccc(CN2CCC(CCC)C2)cc1. The predicted molar refractivity (Wildman–Crippen MR) is 86.7 cm³/mol. The molecule has 1 fully saturated rings. The van der Waals surface area contributed by atoms with E-state index in [1.165, 1.54) is 49.9 Å². The van der Waals surface area contributed by atoms with Crippen LogP contribution in [0, 0.1) is 5.92 Å². The minimum atomic E-state index is 0.942. The molecule has 1 heterocycles. The van der Waals surface area contributed by atoms with Crippen LogP contribution < -0.4 is 5.32 Å². The molecule has 1 aliphatic rings. The second kappa shape index (κ2) is 8.43. The molecule has 0 spiro atoms. The van der Waals surface area contributed by atoms with E-state index in [0.29, 0.717) is 0 Å². The Hall–Kier alpha value is -0.860. The number of nitrogens with zero attached hydrogens (tertiary/aromatic N) is 1. The van der Waals surface area contributed by atoms with E-state index in [1.807, 2.05) is 0 Å². The number of benzene rings is 1. The maximum Gasteiger partial charge on any atom is 0.0233 e. The normalized spacial score (nSPS) is 19.6. The third kappa shape index (κ3) is 4.92. The van der Waals surface area contributed by atoms with E-state index in [0.717, 1.165) is 25.6 Å². The van der Waals surface area contributed by atoms with Crippen molar-refractivity contribution in [2.75, 3.05) is 19.6 Å². The van der Waals surface area contributed by atoms with Crippen molar-refractivity contribution < 1.29 is 0 Å². The second-order valence-electron chi connectivity index (χ2n) is 6.17. The van der Waals surface area contributed by atoms with Crippen LogP contribution in [0.5, 0.6) is 0 Å². The molecule has 1 aromatic rings. The Bertz CT molecular complexity index is 372. The van der Waals surface area contributed by atoms with Crippen LogP contribution in [0.4, 0.5) is 0 Å². The van der Waals surface area contributed by atoms with Gasteiger partial charge in [0, 0.05) is 19.6 Å². The van der Waals surface area contributed by atoms with Gasteiger partial charge < -0.3 is 5.32 Å². The van der Waals surface area contributed by atoms with Gasteiger partial charge in [-0.1, -0.05) is 44.5 Å². The lowest BCUT2D eigenvalue weighted by Gasteiger charge is -2.16.